The van der Waals surface area contributed by atoms with E-state index in [1.165, 1.54) is 0 Å². The third kappa shape index (κ3) is 2.70. The molecule has 0 aliphatic carbocycles. The number of aromatic nitrogens is 2. The maximum Gasteiger partial charge on any atom is 0.203 e. The van der Waals surface area contributed by atoms with Crippen LogP contribution in [0.4, 0.5) is 0 Å². The average Bonchev–Trinajstić information content (AvgIpc) is 2.81. The summed E-state index contributed by atoms with van der Waals surface area (Å²) in [5, 5.41) is 8.97. The van der Waals surface area contributed by atoms with Gasteiger partial charge in [0.15, 0.2) is 5.78 Å². The molecule has 1 N–H and O–H groups in total. The van der Waals surface area contributed by atoms with Crippen molar-refractivity contribution in [2.45, 2.75) is 26.9 Å². The van der Waals surface area contributed by atoms with E-state index in [4.69, 9.17) is 17.0 Å². The molecule has 1 aromatic heterocycles. The first-order valence-corrected chi connectivity index (χ1v) is 7.92. The maximum atomic E-state index is 12.6. The third-order valence-corrected chi connectivity index (χ3v) is 4.33. The number of carbonyl (C=O) groups is 1. The lowest BCUT2D eigenvalue weighted by Crippen LogP contribution is -2.27. The van der Waals surface area contributed by atoms with Gasteiger partial charge in [0.2, 0.25) is 5.62 Å². The summed E-state index contributed by atoms with van der Waals surface area (Å²) >= 11 is 6.29. The highest BCUT2D eigenvalue weighted by Gasteiger charge is 2.15. The molecule has 3 aromatic rings. The second kappa shape index (κ2) is 6.05. The summed E-state index contributed by atoms with van der Waals surface area (Å²) in [5.74, 6) is -0.0152. The Morgan fingerprint density at radius 3 is 2.48 bits per heavy atom. The fourth-order valence-electron chi connectivity index (χ4n) is 2.80. The summed E-state index contributed by atoms with van der Waals surface area (Å²) in [6, 6.07) is 13.0. The number of benzene rings is 2. The molecule has 4 nitrogen and oxygen atoms in total. The van der Waals surface area contributed by atoms with Crippen molar-refractivity contribution in [2.24, 2.45) is 0 Å². The topological polar surface area (TPSA) is 50.8 Å². The summed E-state index contributed by atoms with van der Waals surface area (Å²) in [6.45, 7) is 4.71. The Hall–Kier alpha value is -2.33. The first kappa shape index (κ1) is 15.6. The average molecular weight is 328 g/mol. The largest absolute Gasteiger partial charge is 0.309 e. The zero-order valence-corrected chi connectivity index (χ0v) is 13.9. The smallest absolute Gasteiger partial charge is 0.203 e. The van der Waals surface area contributed by atoms with Gasteiger partial charge in [-0.15, -0.1) is 0 Å². The van der Waals surface area contributed by atoms with Gasteiger partial charge in [0, 0.05) is 12.1 Å². The lowest BCUT2D eigenvalue weighted by Gasteiger charge is -2.05. The molecule has 0 fully saturated rings. The van der Waals surface area contributed by atoms with Crippen molar-refractivity contribution in [1.29, 1.82) is 5.41 Å². The van der Waals surface area contributed by atoms with Gasteiger partial charge in [0.1, 0.15) is 0 Å². The highest BCUT2D eigenvalue weighted by Crippen LogP contribution is 2.23. The van der Waals surface area contributed by atoms with Gasteiger partial charge >= 0.3 is 0 Å². The van der Waals surface area contributed by atoms with E-state index >= 15 is 0 Å². The molecule has 0 amide bonds. The van der Waals surface area contributed by atoms with E-state index in [1.54, 1.807) is 4.57 Å². The molecule has 0 aliphatic heterocycles. The van der Waals surface area contributed by atoms with Crippen LogP contribution in [0.15, 0.2) is 42.5 Å². The lowest BCUT2D eigenvalue weighted by molar-refractivity contribution is 0.0971. The number of aryl methyl sites for hydroxylation is 2. The van der Waals surface area contributed by atoms with Crippen LogP contribution in [-0.2, 0) is 13.1 Å². The molecule has 0 unspecified atom stereocenters. The molecule has 23 heavy (non-hydrogen) atoms. The number of nitrogens with zero attached hydrogens (tertiary/aromatic N) is 2. The van der Waals surface area contributed by atoms with Crippen molar-refractivity contribution in [3.05, 3.63) is 64.2 Å². The van der Waals surface area contributed by atoms with E-state index in [9.17, 15) is 4.79 Å². The molecular formula is C18H18ClN3O. The number of rotatable bonds is 4. The molecular weight excluding hydrogens is 310 g/mol. The van der Waals surface area contributed by atoms with Gasteiger partial charge in [-0.25, -0.2) is 0 Å². The van der Waals surface area contributed by atoms with Crippen LogP contribution >= 0.6 is 11.6 Å². The van der Waals surface area contributed by atoms with E-state index in [-0.39, 0.29) is 17.9 Å². The summed E-state index contributed by atoms with van der Waals surface area (Å²) in [5.41, 5.74) is 3.67. The van der Waals surface area contributed by atoms with E-state index in [2.05, 4.69) is 0 Å². The minimum atomic E-state index is -0.0152. The van der Waals surface area contributed by atoms with Crippen LogP contribution in [0.25, 0.3) is 11.0 Å². The van der Waals surface area contributed by atoms with Crippen LogP contribution in [0.5, 0.6) is 0 Å². The van der Waals surface area contributed by atoms with Crippen molar-refractivity contribution in [1.82, 2.24) is 9.13 Å². The number of nitrogens with one attached hydrogen (secondary N) is 1. The molecule has 3 rings (SSSR count). The molecule has 0 saturated heterocycles. The molecule has 0 spiro atoms. The van der Waals surface area contributed by atoms with Gasteiger partial charge in [-0.3, -0.25) is 10.2 Å². The van der Waals surface area contributed by atoms with Crippen molar-refractivity contribution in [3.63, 3.8) is 0 Å². The normalized spacial score (nSPS) is 11.1. The Labute approximate surface area is 139 Å². The molecule has 0 atom stereocenters. The number of fused-ring (bicyclic) bond motifs is 1. The number of hydrogen-bond donors (Lipinski definition) is 1. The van der Waals surface area contributed by atoms with Gasteiger partial charge in [-0.05, 0) is 26.0 Å². The predicted octanol–water partition coefficient (Wildman–Crippen LogP) is 3.79. The Bertz CT molecular complexity index is 935. The molecule has 118 valence electrons. The SMILES string of the molecule is CCn1c(=N)n(CC(=O)c2ccc(C)cc2)c2cccc(Cl)c21. The zero-order valence-electron chi connectivity index (χ0n) is 13.1. The number of halogens is 1. The number of para-hydroxylation sites is 1. The van der Waals surface area contributed by atoms with Crippen LogP contribution in [0, 0.1) is 12.3 Å². The van der Waals surface area contributed by atoms with Crippen LogP contribution < -0.4 is 5.62 Å². The molecule has 0 aliphatic rings. The van der Waals surface area contributed by atoms with Gasteiger partial charge in [-0.2, -0.15) is 0 Å². The summed E-state index contributed by atoms with van der Waals surface area (Å²) in [6.07, 6.45) is 0. The zero-order chi connectivity index (χ0) is 16.6. The number of imidazole rings is 1. The van der Waals surface area contributed by atoms with E-state index in [0.717, 1.165) is 16.6 Å². The molecule has 0 bridgehead atoms. The predicted molar refractivity (Wildman–Crippen MR) is 92.0 cm³/mol. The Balaban J connectivity index is 2.08. The summed E-state index contributed by atoms with van der Waals surface area (Å²) < 4.78 is 3.53. The monoisotopic (exact) mass is 327 g/mol. The standard InChI is InChI=1S/C18H18ClN3O/c1-3-21-17-14(19)5-4-6-15(17)22(18(21)20)11-16(23)13-9-7-12(2)8-10-13/h4-10,20H,3,11H2,1-2H3. The van der Waals surface area contributed by atoms with E-state index in [0.29, 0.717) is 17.1 Å². The van der Waals surface area contributed by atoms with Gasteiger partial charge in [0.25, 0.3) is 0 Å². The van der Waals surface area contributed by atoms with Crippen LogP contribution in [0.1, 0.15) is 22.8 Å². The molecule has 0 saturated carbocycles. The number of hydrogen-bond acceptors (Lipinski definition) is 2. The third-order valence-electron chi connectivity index (χ3n) is 4.03. The number of carbonyl (C=O) groups excluding carboxylic acids is 1. The second-order valence-electron chi connectivity index (χ2n) is 5.55. The van der Waals surface area contributed by atoms with Crippen molar-refractivity contribution in [3.8, 4) is 0 Å². The first-order chi connectivity index (χ1) is 11.0. The fraction of sp³-hybridized carbons (Fsp3) is 0.222. The van der Waals surface area contributed by atoms with Gasteiger partial charge in [-0.1, -0.05) is 47.5 Å². The lowest BCUT2D eigenvalue weighted by atomic mass is 10.1. The Morgan fingerprint density at radius 1 is 1.13 bits per heavy atom. The van der Waals surface area contributed by atoms with Crippen LogP contribution in [0.3, 0.4) is 0 Å². The Kier molecular flexibility index (Phi) is 4.09. The minimum absolute atomic E-state index is 0.0152. The van der Waals surface area contributed by atoms with Gasteiger partial charge in [0.05, 0.1) is 22.6 Å². The van der Waals surface area contributed by atoms with Crippen molar-refractivity contribution in [2.75, 3.05) is 0 Å². The number of ketones is 1. The van der Waals surface area contributed by atoms with E-state index < -0.39 is 0 Å². The molecule has 5 heteroatoms. The minimum Gasteiger partial charge on any atom is -0.309 e. The second-order valence-corrected chi connectivity index (χ2v) is 5.96. The molecule has 0 radical (unpaired) electrons. The highest BCUT2D eigenvalue weighted by molar-refractivity contribution is 6.35. The van der Waals surface area contributed by atoms with Crippen LogP contribution in [-0.4, -0.2) is 14.9 Å². The summed E-state index contributed by atoms with van der Waals surface area (Å²) in [4.78, 5) is 12.6. The summed E-state index contributed by atoms with van der Waals surface area (Å²) in [7, 11) is 0. The Morgan fingerprint density at radius 2 is 1.83 bits per heavy atom. The highest BCUT2D eigenvalue weighted by atomic mass is 35.5. The van der Waals surface area contributed by atoms with Crippen LogP contribution in [0.2, 0.25) is 5.02 Å². The van der Waals surface area contributed by atoms with Crippen molar-refractivity contribution >= 4 is 28.4 Å². The van der Waals surface area contributed by atoms with Gasteiger partial charge < -0.3 is 9.13 Å². The van der Waals surface area contributed by atoms with E-state index in [1.807, 2.05) is 60.9 Å². The molecule has 1 heterocycles. The maximum absolute atomic E-state index is 12.6. The quantitative estimate of drug-likeness (QED) is 0.728. The first-order valence-electron chi connectivity index (χ1n) is 7.55. The fourth-order valence-corrected chi connectivity index (χ4v) is 3.07. The molecule has 2 aromatic carbocycles. The number of Topliss-reactive ketones (excluding diaryl/α,β-unsaturated/α-hetero) is 1. The van der Waals surface area contributed by atoms with Crippen molar-refractivity contribution < 1.29 is 4.79 Å².